The summed E-state index contributed by atoms with van der Waals surface area (Å²) >= 11 is 5.96. The molecular formula is C17H18ClN3O2. The Balaban J connectivity index is 1.72. The second-order valence-corrected chi connectivity index (χ2v) is 6.11. The first-order chi connectivity index (χ1) is 11.0. The first kappa shape index (κ1) is 15.6. The molecule has 0 radical (unpaired) electrons. The summed E-state index contributed by atoms with van der Waals surface area (Å²) in [5, 5.41) is 0.499. The highest BCUT2D eigenvalue weighted by atomic mass is 35.5. The molecule has 5 nitrogen and oxygen atoms in total. The largest absolute Gasteiger partial charge is 0.472 e. The van der Waals surface area contributed by atoms with Gasteiger partial charge in [0.1, 0.15) is 6.10 Å². The SMILES string of the molecule is Cc1ccc(O[C@H]2CCN(c3ccc(Cl)cc3C(N)=O)C2)nc1. The zero-order chi connectivity index (χ0) is 16.4. The molecule has 1 aliphatic heterocycles. The molecule has 0 spiro atoms. The van der Waals surface area contributed by atoms with Crippen molar-refractivity contribution < 1.29 is 9.53 Å². The molecule has 0 unspecified atom stereocenters. The summed E-state index contributed by atoms with van der Waals surface area (Å²) in [5.41, 5.74) is 7.79. The van der Waals surface area contributed by atoms with E-state index >= 15 is 0 Å². The van der Waals surface area contributed by atoms with Crippen molar-refractivity contribution in [2.24, 2.45) is 5.73 Å². The van der Waals surface area contributed by atoms with Crippen LogP contribution in [0.1, 0.15) is 22.3 Å². The van der Waals surface area contributed by atoms with Crippen molar-refractivity contribution in [3.8, 4) is 5.88 Å². The van der Waals surface area contributed by atoms with Gasteiger partial charge in [-0.1, -0.05) is 17.7 Å². The van der Waals surface area contributed by atoms with Crippen LogP contribution >= 0.6 is 11.6 Å². The normalized spacial score (nSPS) is 17.3. The van der Waals surface area contributed by atoms with Gasteiger partial charge in [-0.25, -0.2) is 4.98 Å². The number of anilines is 1. The van der Waals surface area contributed by atoms with Crippen LogP contribution in [0.5, 0.6) is 5.88 Å². The molecule has 2 aromatic rings. The van der Waals surface area contributed by atoms with Gasteiger partial charge >= 0.3 is 0 Å². The zero-order valence-corrected chi connectivity index (χ0v) is 13.6. The summed E-state index contributed by atoms with van der Waals surface area (Å²) in [4.78, 5) is 18.0. The van der Waals surface area contributed by atoms with Gasteiger partial charge in [-0.05, 0) is 30.7 Å². The zero-order valence-electron chi connectivity index (χ0n) is 12.8. The van der Waals surface area contributed by atoms with Crippen molar-refractivity contribution in [1.29, 1.82) is 0 Å². The van der Waals surface area contributed by atoms with Gasteiger partial charge in [0.15, 0.2) is 0 Å². The van der Waals surface area contributed by atoms with Gasteiger partial charge in [0.2, 0.25) is 5.88 Å². The molecule has 1 fully saturated rings. The maximum absolute atomic E-state index is 11.6. The van der Waals surface area contributed by atoms with Gasteiger partial charge in [0.25, 0.3) is 5.91 Å². The predicted octanol–water partition coefficient (Wildman–Crippen LogP) is 2.80. The van der Waals surface area contributed by atoms with E-state index in [2.05, 4.69) is 9.88 Å². The molecule has 0 aliphatic carbocycles. The Bertz CT molecular complexity index is 718. The molecule has 2 heterocycles. The number of carbonyl (C=O) groups is 1. The third-order valence-corrected chi connectivity index (χ3v) is 4.12. The average molecular weight is 332 g/mol. The minimum Gasteiger partial charge on any atom is -0.472 e. The van der Waals surface area contributed by atoms with Crippen LogP contribution in [0, 0.1) is 6.92 Å². The smallest absolute Gasteiger partial charge is 0.250 e. The molecule has 1 saturated heterocycles. The molecule has 1 aliphatic rings. The van der Waals surface area contributed by atoms with Crippen molar-refractivity contribution in [2.75, 3.05) is 18.0 Å². The van der Waals surface area contributed by atoms with E-state index in [4.69, 9.17) is 22.1 Å². The van der Waals surface area contributed by atoms with Crippen LogP contribution in [0.15, 0.2) is 36.5 Å². The Kier molecular flexibility index (Phi) is 4.39. The summed E-state index contributed by atoms with van der Waals surface area (Å²) in [7, 11) is 0. The molecule has 1 aromatic carbocycles. The van der Waals surface area contributed by atoms with Gasteiger partial charge < -0.3 is 15.4 Å². The van der Waals surface area contributed by atoms with Crippen molar-refractivity contribution >= 4 is 23.2 Å². The van der Waals surface area contributed by atoms with E-state index in [0.717, 1.165) is 24.2 Å². The number of nitrogens with zero attached hydrogens (tertiary/aromatic N) is 2. The number of ether oxygens (including phenoxy) is 1. The number of carbonyl (C=O) groups excluding carboxylic acids is 1. The monoisotopic (exact) mass is 331 g/mol. The van der Waals surface area contributed by atoms with Crippen molar-refractivity contribution in [3.05, 3.63) is 52.7 Å². The fraction of sp³-hybridized carbons (Fsp3) is 0.294. The first-order valence-electron chi connectivity index (χ1n) is 7.46. The number of hydrogen-bond donors (Lipinski definition) is 1. The van der Waals surface area contributed by atoms with Gasteiger partial charge in [0.05, 0.1) is 12.1 Å². The molecule has 6 heteroatoms. The molecule has 1 atom stereocenters. The van der Waals surface area contributed by atoms with Crippen LogP contribution in [-0.2, 0) is 0 Å². The number of primary amides is 1. The number of nitrogens with two attached hydrogens (primary N) is 1. The average Bonchev–Trinajstić information content (AvgIpc) is 2.98. The molecule has 2 N–H and O–H groups in total. The van der Waals surface area contributed by atoms with E-state index in [1.807, 2.05) is 25.1 Å². The van der Waals surface area contributed by atoms with Crippen molar-refractivity contribution in [2.45, 2.75) is 19.4 Å². The van der Waals surface area contributed by atoms with E-state index in [1.165, 1.54) is 0 Å². The second kappa shape index (κ2) is 6.46. The summed E-state index contributed by atoms with van der Waals surface area (Å²) in [6.45, 7) is 3.45. The second-order valence-electron chi connectivity index (χ2n) is 5.67. The third-order valence-electron chi connectivity index (χ3n) is 3.88. The molecule has 1 amide bonds. The Morgan fingerprint density at radius 1 is 1.39 bits per heavy atom. The number of amides is 1. The molecule has 120 valence electrons. The fourth-order valence-electron chi connectivity index (χ4n) is 2.72. The van der Waals surface area contributed by atoms with Crippen LogP contribution < -0.4 is 15.4 Å². The number of aromatic nitrogens is 1. The van der Waals surface area contributed by atoms with E-state index in [0.29, 0.717) is 23.0 Å². The first-order valence-corrected chi connectivity index (χ1v) is 7.84. The van der Waals surface area contributed by atoms with E-state index < -0.39 is 5.91 Å². The van der Waals surface area contributed by atoms with Crippen molar-refractivity contribution in [1.82, 2.24) is 4.98 Å². The minimum absolute atomic E-state index is 0.0293. The van der Waals surface area contributed by atoms with Crippen LogP contribution in [0.25, 0.3) is 0 Å². The maximum atomic E-state index is 11.6. The number of hydrogen-bond acceptors (Lipinski definition) is 4. The lowest BCUT2D eigenvalue weighted by Crippen LogP contribution is -2.27. The molecule has 3 rings (SSSR count). The standard InChI is InChI=1S/C17H18ClN3O2/c1-11-2-5-16(20-9-11)23-13-6-7-21(10-13)15-4-3-12(18)8-14(15)17(19)22/h2-5,8-9,13H,6-7,10H2,1H3,(H2,19,22)/t13-/m0/s1. The molecule has 0 saturated carbocycles. The van der Waals surface area contributed by atoms with Gasteiger partial charge in [-0.2, -0.15) is 0 Å². The highest BCUT2D eigenvalue weighted by Crippen LogP contribution is 2.28. The predicted molar refractivity (Wildman–Crippen MR) is 90.2 cm³/mol. The van der Waals surface area contributed by atoms with E-state index in [1.54, 1.807) is 18.3 Å². The van der Waals surface area contributed by atoms with Gasteiger partial charge in [0, 0.05) is 35.9 Å². The summed E-state index contributed by atoms with van der Waals surface area (Å²) < 4.78 is 5.91. The fourth-order valence-corrected chi connectivity index (χ4v) is 2.89. The molecule has 23 heavy (non-hydrogen) atoms. The highest BCUT2D eigenvalue weighted by Gasteiger charge is 2.27. The Morgan fingerprint density at radius 3 is 2.91 bits per heavy atom. The summed E-state index contributed by atoms with van der Waals surface area (Å²) in [6, 6.07) is 9.04. The lowest BCUT2D eigenvalue weighted by atomic mass is 10.1. The van der Waals surface area contributed by atoms with Gasteiger partial charge in [-0.3, -0.25) is 4.79 Å². The number of pyridine rings is 1. The Hall–Kier alpha value is -2.27. The van der Waals surface area contributed by atoms with Crippen molar-refractivity contribution in [3.63, 3.8) is 0 Å². The molecule has 0 bridgehead atoms. The minimum atomic E-state index is -0.480. The summed E-state index contributed by atoms with van der Waals surface area (Å²) in [5.74, 6) is 0.140. The van der Waals surface area contributed by atoms with Crippen LogP contribution in [0.3, 0.4) is 0 Å². The Morgan fingerprint density at radius 2 is 2.22 bits per heavy atom. The molecule has 1 aromatic heterocycles. The highest BCUT2D eigenvalue weighted by molar-refractivity contribution is 6.31. The lowest BCUT2D eigenvalue weighted by molar-refractivity contribution is 0.100. The third kappa shape index (κ3) is 3.56. The topological polar surface area (TPSA) is 68.5 Å². The van der Waals surface area contributed by atoms with Crippen LogP contribution in [-0.4, -0.2) is 30.1 Å². The number of halogens is 1. The summed E-state index contributed by atoms with van der Waals surface area (Å²) in [6.07, 6.45) is 2.67. The van der Waals surface area contributed by atoms with E-state index in [9.17, 15) is 4.79 Å². The number of aryl methyl sites for hydroxylation is 1. The van der Waals surface area contributed by atoms with Crippen LogP contribution in [0.2, 0.25) is 5.02 Å². The quantitative estimate of drug-likeness (QED) is 0.935. The maximum Gasteiger partial charge on any atom is 0.250 e. The lowest BCUT2D eigenvalue weighted by Gasteiger charge is -2.21. The molecular weight excluding hydrogens is 314 g/mol. The van der Waals surface area contributed by atoms with Gasteiger partial charge in [-0.15, -0.1) is 0 Å². The number of rotatable bonds is 4. The number of benzene rings is 1. The van der Waals surface area contributed by atoms with Crippen LogP contribution in [0.4, 0.5) is 5.69 Å². The van der Waals surface area contributed by atoms with E-state index in [-0.39, 0.29) is 6.10 Å². The Labute approximate surface area is 140 Å².